The topological polar surface area (TPSA) is 16.4 Å². The first-order valence-electron chi connectivity index (χ1n) is 19.8. The third-order valence-electron chi connectivity index (χ3n) is 10.9. The predicted molar refractivity (Wildman–Crippen MR) is 244 cm³/mol. The molecule has 0 radical (unpaired) electrons. The van der Waals surface area contributed by atoms with Crippen molar-refractivity contribution in [3.05, 3.63) is 237 Å². The first-order valence-corrected chi connectivity index (χ1v) is 19.8. The largest absolute Gasteiger partial charge is 0.455 e. The molecule has 0 fully saturated rings. The van der Waals surface area contributed by atoms with Gasteiger partial charge in [0.2, 0.25) is 0 Å². The van der Waals surface area contributed by atoms with Gasteiger partial charge in [-0.1, -0.05) is 194 Å². The number of furan rings is 1. The summed E-state index contributed by atoms with van der Waals surface area (Å²) in [6.45, 7) is 0. The highest BCUT2D eigenvalue weighted by Gasteiger charge is 2.20. The second-order valence-electron chi connectivity index (χ2n) is 14.5. The van der Waals surface area contributed by atoms with Crippen LogP contribution in [0.15, 0.2) is 241 Å². The number of anilines is 3. The molecule has 0 spiro atoms. The number of hydrogen-bond donors (Lipinski definition) is 0. The smallest absolute Gasteiger partial charge is 0.143 e. The van der Waals surface area contributed by atoms with Crippen LogP contribution in [-0.2, 0) is 0 Å². The van der Waals surface area contributed by atoms with Gasteiger partial charge in [0.1, 0.15) is 11.3 Å². The summed E-state index contributed by atoms with van der Waals surface area (Å²) in [7, 11) is 0. The summed E-state index contributed by atoms with van der Waals surface area (Å²) < 4.78 is 6.59. The summed E-state index contributed by atoms with van der Waals surface area (Å²) in [4.78, 5) is 2.37. The Bertz CT molecular complexity index is 2950. The molecule has 9 aromatic carbocycles. The Morgan fingerprint density at radius 3 is 1.34 bits per heavy atom. The molecule has 0 bridgehead atoms. The third kappa shape index (κ3) is 6.78. The molecule has 0 aliphatic rings. The van der Waals surface area contributed by atoms with Gasteiger partial charge in [0.25, 0.3) is 0 Å². The van der Waals surface area contributed by atoms with Crippen molar-refractivity contribution in [1.29, 1.82) is 0 Å². The van der Waals surface area contributed by atoms with E-state index in [-0.39, 0.29) is 0 Å². The molecule has 0 aliphatic carbocycles. The second kappa shape index (κ2) is 15.5. The molecule has 274 valence electrons. The van der Waals surface area contributed by atoms with Crippen molar-refractivity contribution in [3.63, 3.8) is 0 Å². The van der Waals surface area contributed by atoms with Crippen LogP contribution in [0, 0.1) is 0 Å². The van der Waals surface area contributed by atoms with Crippen molar-refractivity contribution in [3.8, 4) is 67.0 Å². The summed E-state index contributed by atoms with van der Waals surface area (Å²) in [6, 6.07) is 84.1. The van der Waals surface area contributed by atoms with Crippen LogP contribution < -0.4 is 4.90 Å². The maximum Gasteiger partial charge on any atom is 0.143 e. The first kappa shape index (κ1) is 34.8. The second-order valence-corrected chi connectivity index (χ2v) is 14.5. The van der Waals surface area contributed by atoms with E-state index in [1.807, 2.05) is 12.1 Å². The lowest BCUT2D eigenvalue weighted by Gasteiger charge is -2.28. The standard InChI is InChI=1S/C56H39NO/c1-4-15-40(16-5-1)42-27-29-45(30-28-42)51-23-10-12-25-53(51)57(49-35-31-43(32-36-49)41-17-6-2-7-18-41)50-37-33-44(34-38-50)47-21-14-22-48(39-47)56-55(46-19-8-3-9-20-46)52-24-11-13-26-54(52)58-56/h1-39H. The van der Waals surface area contributed by atoms with Crippen LogP contribution in [-0.4, -0.2) is 0 Å². The number of hydrogen-bond acceptors (Lipinski definition) is 2. The molecule has 2 heteroatoms. The van der Waals surface area contributed by atoms with Gasteiger partial charge in [-0.25, -0.2) is 0 Å². The summed E-state index contributed by atoms with van der Waals surface area (Å²) in [6.07, 6.45) is 0. The average Bonchev–Trinajstić information content (AvgIpc) is 3.71. The van der Waals surface area contributed by atoms with Crippen LogP contribution in [0.4, 0.5) is 17.1 Å². The van der Waals surface area contributed by atoms with Gasteiger partial charge in [-0.2, -0.15) is 0 Å². The number of fused-ring (bicyclic) bond motifs is 1. The maximum absolute atomic E-state index is 6.59. The van der Waals surface area contributed by atoms with Crippen molar-refractivity contribution >= 4 is 28.0 Å². The van der Waals surface area contributed by atoms with Gasteiger partial charge in [0.05, 0.1) is 5.69 Å². The van der Waals surface area contributed by atoms with Crippen molar-refractivity contribution in [2.75, 3.05) is 4.90 Å². The van der Waals surface area contributed by atoms with Gasteiger partial charge >= 0.3 is 0 Å². The van der Waals surface area contributed by atoms with Crippen LogP contribution in [0.5, 0.6) is 0 Å². The Morgan fingerprint density at radius 1 is 0.293 bits per heavy atom. The molecule has 0 amide bonds. The van der Waals surface area contributed by atoms with Crippen molar-refractivity contribution in [2.24, 2.45) is 0 Å². The quantitative estimate of drug-likeness (QED) is 0.146. The molecule has 1 heterocycles. The highest BCUT2D eigenvalue weighted by Crippen LogP contribution is 2.44. The summed E-state index contributed by atoms with van der Waals surface area (Å²) in [5, 5.41) is 1.11. The highest BCUT2D eigenvalue weighted by molar-refractivity contribution is 6.02. The lowest BCUT2D eigenvalue weighted by atomic mass is 9.96. The Kier molecular flexibility index (Phi) is 9.27. The Hall–Kier alpha value is -7.68. The van der Waals surface area contributed by atoms with E-state index in [1.165, 1.54) is 22.3 Å². The average molecular weight is 742 g/mol. The van der Waals surface area contributed by atoms with E-state index in [0.717, 1.165) is 72.7 Å². The molecule has 1 aromatic heterocycles. The zero-order valence-electron chi connectivity index (χ0n) is 31.9. The molecular formula is C56H39NO. The van der Waals surface area contributed by atoms with Crippen molar-refractivity contribution in [2.45, 2.75) is 0 Å². The fourth-order valence-electron chi connectivity index (χ4n) is 8.03. The van der Waals surface area contributed by atoms with Crippen LogP contribution in [0.25, 0.3) is 77.9 Å². The van der Waals surface area contributed by atoms with Crippen LogP contribution >= 0.6 is 0 Å². The number of rotatable bonds is 9. The van der Waals surface area contributed by atoms with E-state index in [2.05, 4.69) is 229 Å². The fraction of sp³-hybridized carbons (Fsp3) is 0. The molecule has 0 saturated carbocycles. The Balaban J connectivity index is 1.04. The molecule has 0 aliphatic heterocycles. The summed E-state index contributed by atoms with van der Waals surface area (Å²) in [5.74, 6) is 0.879. The van der Waals surface area contributed by atoms with Crippen LogP contribution in [0.3, 0.4) is 0 Å². The number of benzene rings is 9. The molecule has 0 saturated heterocycles. The van der Waals surface area contributed by atoms with Crippen LogP contribution in [0.1, 0.15) is 0 Å². The minimum Gasteiger partial charge on any atom is -0.455 e. The van der Waals surface area contributed by atoms with Crippen molar-refractivity contribution < 1.29 is 4.42 Å². The zero-order valence-corrected chi connectivity index (χ0v) is 31.9. The summed E-state index contributed by atoms with van der Waals surface area (Å²) in [5.41, 5.74) is 16.8. The van der Waals surface area contributed by atoms with E-state index < -0.39 is 0 Å². The Labute approximate surface area is 339 Å². The molecule has 0 atom stereocenters. The van der Waals surface area contributed by atoms with E-state index in [1.54, 1.807) is 0 Å². The monoisotopic (exact) mass is 741 g/mol. The molecule has 0 N–H and O–H groups in total. The van der Waals surface area contributed by atoms with Crippen LogP contribution in [0.2, 0.25) is 0 Å². The molecule has 0 unspecified atom stereocenters. The SMILES string of the molecule is c1ccc(-c2ccc(-c3ccccc3N(c3ccc(-c4ccccc4)cc3)c3ccc(-c4cccc(-c5oc6ccccc6c5-c5ccccc5)c4)cc3)cc2)cc1. The van der Waals surface area contributed by atoms with Gasteiger partial charge in [-0.3, -0.25) is 0 Å². The maximum atomic E-state index is 6.59. The molecule has 10 aromatic rings. The van der Waals surface area contributed by atoms with E-state index in [4.69, 9.17) is 4.42 Å². The molecule has 2 nitrogen and oxygen atoms in total. The van der Waals surface area contributed by atoms with E-state index in [0.29, 0.717) is 0 Å². The zero-order chi connectivity index (χ0) is 38.7. The molecule has 58 heavy (non-hydrogen) atoms. The van der Waals surface area contributed by atoms with Gasteiger partial charge in [-0.05, 0) is 87.0 Å². The lowest BCUT2D eigenvalue weighted by molar-refractivity contribution is 0.632. The van der Waals surface area contributed by atoms with Crippen molar-refractivity contribution in [1.82, 2.24) is 0 Å². The predicted octanol–water partition coefficient (Wildman–Crippen LogP) is 15.9. The third-order valence-corrected chi connectivity index (χ3v) is 10.9. The van der Waals surface area contributed by atoms with E-state index >= 15 is 0 Å². The normalized spacial score (nSPS) is 11.1. The lowest BCUT2D eigenvalue weighted by Crippen LogP contribution is -2.11. The van der Waals surface area contributed by atoms with Gasteiger partial charge < -0.3 is 9.32 Å². The molecular weight excluding hydrogens is 703 g/mol. The summed E-state index contributed by atoms with van der Waals surface area (Å²) >= 11 is 0. The van der Waals surface area contributed by atoms with E-state index in [9.17, 15) is 0 Å². The minimum atomic E-state index is 0.879. The van der Waals surface area contributed by atoms with Gasteiger partial charge in [-0.15, -0.1) is 0 Å². The van der Waals surface area contributed by atoms with Gasteiger partial charge in [0, 0.05) is 33.5 Å². The fourth-order valence-corrected chi connectivity index (χ4v) is 8.03. The number of nitrogens with zero attached hydrogens (tertiary/aromatic N) is 1. The highest BCUT2D eigenvalue weighted by atomic mass is 16.3. The first-order chi connectivity index (χ1) is 28.8. The Morgan fingerprint density at radius 2 is 0.724 bits per heavy atom. The molecule has 10 rings (SSSR count). The number of para-hydroxylation sites is 2. The van der Waals surface area contributed by atoms with Gasteiger partial charge in [0.15, 0.2) is 0 Å². The minimum absolute atomic E-state index is 0.879.